The van der Waals surface area contributed by atoms with Crippen LogP contribution in [0.5, 0.6) is 0 Å². The maximum atomic E-state index is 12.2. The first-order valence-corrected chi connectivity index (χ1v) is 8.31. The van der Waals surface area contributed by atoms with Gasteiger partial charge in [0.05, 0.1) is 6.10 Å². The minimum absolute atomic E-state index is 0.273. The fourth-order valence-corrected chi connectivity index (χ4v) is 2.18. The maximum absolute atomic E-state index is 12.2. The summed E-state index contributed by atoms with van der Waals surface area (Å²) in [5.74, 6) is 9.74. The van der Waals surface area contributed by atoms with Gasteiger partial charge in [0.2, 0.25) is 0 Å². The van der Waals surface area contributed by atoms with Gasteiger partial charge in [-0.05, 0) is 67.3 Å². The second kappa shape index (κ2) is 9.79. The van der Waals surface area contributed by atoms with Gasteiger partial charge in [-0.3, -0.25) is 14.8 Å². The first-order valence-electron chi connectivity index (χ1n) is 8.31. The predicted octanol–water partition coefficient (Wildman–Crippen LogP) is 0.657. The molecule has 28 heavy (non-hydrogen) atoms. The number of hydrogen-bond acceptors (Lipinski definition) is 5. The number of benzene rings is 2. The quantitative estimate of drug-likeness (QED) is 0.232. The van der Waals surface area contributed by atoms with Gasteiger partial charge in [-0.2, -0.15) is 0 Å². The molecule has 0 saturated heterocycles. The van der Waals surface area contributed by atoms with E-state index in [0.717, 1.165) is 5.56 Å². The van der Waals surface area contributed by atoms with Crippen molar-refractivity contribution in [2.75, 3.05) is 5.73 Å². The van der Waals surface area contributed by atoms with Crippen LogP contribution in [0.4, 0.5) is 5.69 Å². The van der Waals surface area contributed by atoms with Crippen molar-refractivity contribution in [2.24, 2.45) is 0 Å². The van der Waals surface area contributed by atoms with Gasteiger partial charge in [-0.1, -0.05) is 11.8 Å². The summed E-state index contributed by atoms with van der Waals surface area (Å²) in [7, 11) is 0. The number of carbonyl (C=O) groups is 2. The molecule has 0 fully saturated rings. The molecule has 7 heteroatoms. The van der Waals surface area contributed by atoms with E-state index in [-0.39, 0.29) is 5.56 Å². The van der Waals surface area contributed by atoms with Crippen LogP contribution in [-0.4, -0.2) is 34.3 Å². The van der Waals surface area contributed by atoms with Crippen molar-refractivity contribution in [2.45, 2.75) is 19.1 Å². The third-order valence-corrected chi connectivity index (χ3v) is 3.70. The van der Waals surface area contributed by atoms with E-state index in [1.807, 2.05) is 0 Å². The minimum Gasteiger partial charge on any atom is -0.399 e. The molecule has 6 N–H and O–H groups in total. The molecule has 0 bridgehead atoms. The number of hydrogen-bond donors (Lipinski definition) is 5. The molecule has 2 atom stereocenters. The van der Waals surface area contributed by atoms with E-state index < -0.39 is 24.0 Å². The maximum Gasteiger partial charge on any atom is 0.268 e. The smallest absolute Gasteiger partial charge is 0.268 e. The monoisotopic (exact) mass is 377 g/mol. The second-order valence-corrected chi connectivity index (χ2v) is 5.87. The Balaban J connectivity index is 2.03. The largest absolute Gasteiger partial charge is 0.399 e. The van der Waals surface area contributed by atoms with E-state index in [2.05, 4.69) is 29.0 Å². The third kappa shape index (κ3) is 5.89. The van der Waals surface area contributed by atoms with E-state index in [4.69, 9.17) is 10.9 Å². The lowest BCUT2D eigenvalue weighted by molar-refractivity contribution is -0.133. The molecule has 0 aliphatic rings. The van der Waals surface area contributed by atoms with E-state index in [9.17, 15) is 14.7 Å². The number of anilines is 1. The van der Waals surface area contributed by atoms with Gasteiger partial charge < -0.3 is 16.2 Å². The number of carbonyl (C=O) groups excluding carboxylic acids is 2. The Hall–Kier alpha value is -3.78. The van der Waals surface area contributed by atoms with Crippen LogP contribution in [0.1, 0.15) is 28.4 Å². The second-order valence-electron chi connectivity index (χ2n) is 5.87. The van der Waals surface area contributed by atoms with Crippen molar-refractivity contribution >= 4 is 17.5 Å². The zero-order chi connectivity index (χ0) is 20.5. The van der Waals surface area contributed by atoms with Crippen LogP contribution in [0, 0.1) is 23.7 Å². The Morgan fingerprint density at radius 1 is 0.964 bits per heavy atom. The van der Waals surface area contributed by atoms with Crippen molar-refractivity contribution < 1.29 is 19.9 Å². The molecule has 2 aromatic rings. The van der Waals surface area contributed by atoms with Crippen LogP contribution in [0.25, 0.3) is 0 Å². The highest BCUT2D eigenvalue weighted by Crippen LogP contribution is 2.05. The number of nitrogens with two attached hydrogens (primary N) is 1. The summed E-state index contributed by atoms with van der Waals surface area (Å²) in [6.45, 7) is 1.32. The van der Waals surface area contributed by atoms with Gasteiger partial charge >= 0.3 is 0 Å². The summed E-state index contributed by atoms with van der Waals surface area (Å²) in [5, 5.41) is 20.6. The normalized spacial score (nSPS) is 11.7. The van der Waals surface area contributed by atoms with Gasteiger partial charge in [0.15, 0.2) is 0 Å². The van der Waals surface area contributed by atoms with Gasteiger partial charge in [0, 0.05) is 22.4 Å². The molecule has 0 aliphatic carbocycles. The summed E-state index contributed by atoms with van der Waals surface area (Å²) < 4.78 is 0. The van der Waals surface area contributed by atoms with E-state index >= 15 is 0 Å². The van der Waals surface area contributed by atoms with Gasteiger partial charge in [0.1, 0.15) is 6.04 Å². The lowest BCUT2D eigenvalue weighted by Gasteiger charge is -2.19. The molecular weight excluding hydrogens is 358 g/mol. The van der Waals surface area contributed by atoms with Crippen LogP contribution in [-0.2, 0) is 4.79 Å². The number of rotatable bonds is 4. The fraction of sp³-hybridized carbons (Fsp3) is 0.143. The lowest BCUT2D eigenvalue weighted by Crippen LogP contribution is -2.51. The number of aliphatic hydroxyl groups excluding tert-OH is 1. The summed E-state index contributed by atoms with van der Waals surface area (Å²) >= 11 is 0. The molecule has 0 heterocycles. The Bertz CT molecular complexity index is 959. The lowest BCUT2D eigenvalue weighted by atomic mass is 10.1. The topological polar surface area (TPSA) is 125 Å². The Morgan fingerprint density at radius 3 is 1.93 bits per heavy atom. The van der Waals surface area contributed by atoms with Crippen molar-refractivity contribution in [1.29, 1.82) is 0 Å². The van der Waals surface area contributed by atoms with Crippen LogP contribution < -0.4 is 16.5 Å². The van der Waals surface area contributed by atoms with Crippen LogP contribution in [0.2, 0.25) is 0 Å². The fourth-order valence-electron chi connectivity index (χ4n) is 2.18. The average Bonchev–Trinajstić information content (AvgIpc) is 2.70. The van der Waals surface area contributed by atoms with Gasteiger partial charge in [0.25, 0.3) is 11.8 Å². The van der Waals surface area contributed by atoms with Crippen LogP contribution >= 0.6 is 0 Å². The number of nitrogen functional groups attached to an aromatic ring is 1. The molecule has 0 saturated carbocycles. The number of aliphatic hydroxyl groups is 1. The average molecular weight is 377 g/mol. The van der Waals surface area contributed by atoms with Crippen molar-refractivity contribution in [3.63, 3.8) is 0 Å². The van der Waals surface area contributed by atoms with Crippen LogP contribution in [0.15, 0.2) is 48.5 Å². The molecule has 2 aromatic carbocycles. The molecule has 7 nitrogen and oxygen atoms in total. The van der Waals surface area contributed by atoms with Crippen LogP contribution in [0.3, 0.4) is 0 Å². The molecule has 142 valence electrons. The van der Waals surface area contributed by atoms with Crippen molar-refractivity contribution in [1.82, 2.24) is 10.8 Å². The summed E-state index contributed by atoms with van der Waals surface area (Å²) in [6.07, 6.45) is -1.18. The third-order valence-electron chi connectivity index (χ3n) is 3.70. The van der Waals surface area contributed by atoms with Crippen molar-refractivity contribution in [3.8, 4) is 23.7 Å². The van der Waals surface area contributed by atoms with E-state index in [1.54, 1.807) is 36.4 Å². The summed E-state index contributed by atoms with van der Waals surface area (Å²) in [5.41, 5.74) is 9.40. The zero-order valence-electron chi connectivity index (χ0n) is 15.1. The molecule has 0 aliphatic heterocycles. The molecule has 0 aromatic heterocycles. The highest BCUT2D eigenvalue weighted by Gasteiger charge is 2.25. The predicted molar refractivity (Wildman–Crippen MR) is 104 cm³/mol. The molecule has 2 amide bonds. The number of amides is 2. The number of nitrogens with one attached hydrogen (secondary N) is 2. The minimum atomic E-state index is -1.28. The van der Waals surface area contributed by atoms with Crippen molar-refractivity contribution in [3.05, 3.63) is 65.2 Å². The first kappa shape index (κ1) is 20.5. The Labute approximate surface area is 162 Å². The van der Waals surface area contributed by atoms with Gasteiger partial charge in [-0.15, -0.1) is 0 Å². The molecule has 0 spiro atoms. The summed E-state index contributed by atoms with van der Waals surface area (Å²) in [4.78, 5) is 23.6. The first-order chi connectivity index (χ1) is 13.4. The zero-order valence-corrected chi connectivity index (χ0v) is 15.1. The summed E-state index contributed by atoms with van der Waals surface area (Å²) in [6, 6.07) is 12.2. The molecule has 2 rings (SSSR count). The molecule has 0 unspecified atom stereocenters. The molecule has 0 radical (unpaired) electrons. The highest BCUT2D eigenvalue weighted by molar-refractivity contribution is 5.97. The standard InChI is InChI=1S/C21H19N3O4/c1-14(25)19(21(27)24-28)23-20(26)17-10-6-15(7-11-17)4-2-3-5-16-8-12-18(22)13-9-16/h6-14,19,25,28H,22H2,1H3,(H,23,26)(H,24,27)/t14-,19+/m1/s1. The molecular formula is C21H19N3O4. The Kier molecular flexibility index (Phi) is 7.18. The van der Waals surface area contributed by atoms with E-state index in [0.29, 0.717) is 11.3 Å². The van der Waals surface area contributed by atoms with Gasteiger partial charge in [-0.25, -0.2) is 5.48 Å². The Morgan fingerprint density at radius 2 is 1.46 bits per heavy atom. The van der Waals surface area contributed by atoms with E-state index in [1.165, 1.54) is 24.5 Å². The number of hydroxylamine groups is 1. The SMILES string of the molecule is C[C@@H](O)[C@H](NC(=O)c1ccc(C#CC#Cc2ccc(N)cc2)cc1)C(=O)NO. The highest BCUT2D eigenvalue weighted by atomic mass is 16.5.